The minimum Gasteiger partial charge on any atom is -0.392 e. The van der Waals surface area contributed by atoms with Gasteiger partial charge in [-0.1, -0.05) is 31.2 Å². The molecule has 0 saturated carbocycles. The molecule has 2 unspecified atom stereocenters. The Balaban J connectivity index is 2.53. The van der Waals surface area contributed by atoms with Crippen LogP contribution in [-0.4, -0.2) is 22.3 Å². The molecule has 0 aromatic heterocycles. The summed E-state index contributed by atoms with van der Waals surface area (Å²) >= 11 is 1.64. The lowest BCUT2D eigenvalue weighted by Crippen LogP contribution is -2.15. The monoisotopic (exact) mass is 274 g/mol. The third-order valence-corrected chi connectivity index (χ3v) is 4.54. The zero-order chi connectivity index (χ0) is 14.0. The van der Waals surface area contributed by atoms with E-state index in [9.17, 15) is 5.11 Å². The number of nitrogens with one attached hydrogen (secondary N) is 1. The van der Waals surface area contributed by atoms with Crippen LogP contribution in [-0.2, 0) is 0 Å². The molecule has 0 fully saturated rings. The number of nitrogens with two attached hydrogens (primary N) is 1. The summed E-state index contributed by atoms with van der Waals surface area (Å²) < 4.78 is 0. The van der Waals surface area contributed by atoms with E-state index in [0.29, 0.717) is 0 Å². The summed E-state index contributed by atoms with van der Waals surface area (Å²) in [6, 6.07) is 11.8. The molecule has 3 nitrogen and oxygen atoms in total. The fourth-order valence-corrected chi connectivity index (χ4v) is 2.96. The first-order valence-electron chi connectivity index (χ1n) is 6.21. The quantitative estimate of drug-likeness (QED) is 0.456. The number of nitrogen functional groups attached to an aromatic ring is 1. The Labute approximate surface area is 117 Å². The van der Waals surface area contributed by atoms with E-state index in [4.69, 9.17) is 11.1 Å². The summed E-state index contributed by atoms with van der Waals surface area (Å²) in [4.78, 5) is 1.11. The number of rotatable bonds is 4. The number of hydrogen-bond acceptors (Lipinski definition) is 3. The maximum Gasteiger partial charge on any atom is 0.123 e. The minimum atomic E-state index is -0.365. The Bertz CT molecular complexity index is 610. The first-order valence-corrected chi connectivity index (χ1v) is 7.09. The number of aliphatic hydroxyl groups excluding tert-OH is 1. The fourth-order valence-electron chi connectivity index (χ4n) is 1.91. The normalized spacial score (nSPS) is 14.3. The van der Waals surface area contributed by atoms with Crippen molar-refractivity contribution >= 4 is 28.4 Å². The Morgan fingerprint density at radius 2 is 1.79 bits per heavy atom. The van der Waals surface area contributed by atoms with Crippen LogP contribution in [0.4, 0.5) is 0 Å². The number of amidine groups is 1. The van der Waals surface area contributed by atoms with Crippen molar-refractivity contribution in [2.45, 2.75) is 30.1 Å². The Kier molecular flexibility index (Phi) is 4.12. The molecule has 0 aliphatic heterocycles. The summed E-state index contributed by atoms with van der Waals surface area (Å²) in [5.74, 6) is 0.0799. The molecule has 0 saturated heterocycles. The smallest absolute Gasteiger partial charge is 0.123 e. The summed E-state index contributed by atoms with van der Waals surface area (Å²) in [5, 5.41) is 19.4. The molecule has 0 aliphatic rings. The molecule has 100 valence electrons. The van der Waals surface area contributed by atoms with Crippen molar-refractivity contribution in [3.63, 3.8) is 0 Å². The highest BCUT2D eigenvalue weighted by atomic mass is 32.2. The molecular weight excluding hydrogens is 256 g/mol. The van der Waals surface area contributed by atoms with Crippen LogP contribution in [0.2, 0.25) is 0 Å². The van der Waals surface area contributed by atoms with Crippen LogP contribution in [0.1, 0.15) is 19.4 Å². The zero-order valence-corrected chi connectivity index (χ0v) is 11.9. The molecule has 0 spiro atoms. The van der Waals surface area contributed by atoms with E-state index in [2.05, 4.69) is 0 Å². The lowest BCUT2D eigenvalue weighted by Gasteiger charge is -2.16. The minimum absolute atomic E-state index is 0.0799. The van der Waals surface area contributed by atoms with Crippen LogP contribution >= 0.6 is 11.8 Å². The molecule has 0 bridgehead atoms. The maximum absolute atomic E-state index is 9.62. The molecule has 0 heterocycles. The Morgan fingerprint density at radius 3 is 2.37 bits per heavy atom. The standard InChI is InChI=1S/C15H18N2OS/c1-9(18)10(2)19-14-8-7-13(15(16)17)11-5-3-4-6-12(11)14/h3-10,18H,1-2H3,(H3,16,17). The predicted octanol–water partition coefficient (Wildman–Crippen LogP) is 2.99. The van der Waals surface area contributed by atoms with Gasteiger partial charge in [-0.05, 0) is 29.8 Å². The van der Waals surface area contributed by atoms with E-state index in [1.54, 1.807) is 18.7 Å². The number of hydrogen-bond donors (Lipinski definition) is 3. The Morgan fingerprint density at radius 1 is 1.16 bits per heavy atom. The van der Waals surface area contributed by atoms with E-state index in [1.807, 2.05) is 43.3 Å². The van der Waals surface area contributed by atoms with Gasteiger partial charge in [-0.2, -0.15) is 0 Å². The number of fused-ring (bicyclic) bond motifs is 1. The first-order chi connectivity index (χ1) is 9.00. The third kappa shape index (κ3) is 2.91. The van der Waals surface area contributed by atoms with Crippen molar-refractivity contribution in [1.82, 2.24) is 0 Å². The van der Waals surface area contributed by atoms with Crippen molar-refractivity contribution in [2.75, 3.05) is 0 Å². The van der Waals surface area contributed by atoms with Crippen LogP contribution in [0.3, 0.4) is 0 Å². The van der Waals surface area contributed by atoms with Gasteiger partial charge in [0.25, 0.3) is 0 Å². The van der Waals surface area contributed by atoms with E-state index in [-0.39, 0.29) is 17.2 Å². The van der Waals surface area contributed by atoms with E-state index in [1.165, 1.54) is 0 Å². The lowest BCUT2D eigenvalue weighted by molar-refractivity contribution is 0.196. The lowest BCUT2D eigenvalue weighted by atomic mass is 10.0. The summed E-state index contributed by atoms with van der Waals surface area (Å²) in [6.07, 6.45) is -0.365. The van der Waals surface area contributed by atoms with Gasteiger partial charge >= 0.3 is 0 Å². The fraction of sp³-hybridized carbons (Fsp3) is 0.267. The maximum atomic E-state index is 9.62. The van der Waals surface area contributed by atoms with Crippen molar-refractivity contribution in [1.29, 1.82) is 5.41 Å². The van der Waals surface area contributed by atoms with E-state index >= 15 is 0 Å². The van der Waals surface area contributed by atoms with Gasteiger partial charge in [-0.25, -0.2) is 0 Å². The molecule has 19 heavy (non-hydrogen) atoms. The first kappa shape index (κ1) is 13.9. The number of aliphatic hydroxyl groups is 1. The topological polar surface area (TPSA) is 70.1 Å². The van der Waals surface area contributed by atoms with Crippen molar-refractivity contribution in [2.24, 2.45) is 5.73 Å². The van der Waals surface area contributed by atoms with Gasteiger partial charge in [-0.15, -0.1) is 11.8 Å². The summed E-state index contributed by atoms with van der Waals surface area (Å²) in [7, 11) is 0. The molecule has 2 aromatic rings. The molecule has 4 heteroatoms. The second-order valence-corrected chi connectivity index (χ2v) is 6.05. The summed E-state index contributed by atoms with van der Waals surface area (Å²) in [5.41, 5.74) is 6.37. The average molecular weight is 274 g/mol. The van der Waals surface area contributed by atoms with Gasteiger partial charge in [-0.3, -0.25) is 5.41 Å². The Hall–Kier alpha value is -1.52. The molecule has 0 radical (unpaired) electrons. The van der Waals surface area contributed by atoms with Gasteiger partial charge in [0.2, 0.25) is 0 Å². The molecule has 2 aromatic carbocycles. The van der Waals surface area contributed by atoms with Crippen LogP contribution in [0, 0.1) is 5.41 Å². The highest BCUT2D eigenvalue weighted by Crippen LogP contribution is 2.33. The molecule has 4 N–H and O–H groups in total. The van der Waals surface area contributed by atoms with Crippen molar-refractivity contribution in [3.8, 4) is 0 Å². The van der Waals surface area contributed by atoms with E-state index < -0.39 is 0 Å². The molecule has 2 rings (SSSR count). The van der Waals surface area contributed by atoms with Crippen LogP contribution in [0.5, 0.6) is 0 Å². The number of thioether (sulfide) groups is 1. The molecule has 2 atom stereocenters. The number of benzene rings is 2. The van der Waals surface area contributed by atoms with Crippen molar-refractivity contribution in [3.05, 3.63) is 42.0 Å². The van der Waals surface area contributed by atoms with E-state index in [0.717, 1.165) is 21.2 Å². The SMILES string of the molecule is CC(O)C(C)Sc1ccc(C(=N)N)c2ccccc12. The molecule has 0 aliphatic carbocycles. The predicted molar refractivity (Wildman–Crippen MR) is 82.0 cm³/mol. The van der Waals surface area contributed by atoms with Gasteiger partial charge in [0.1, 0.15) is 5.84 Å². The highest BCUT2D eigenvalue weighted by Gasteiger charge is 2.14. The largest absolute Gasteiger partial charge is 0.392 e. The van der Waals surface area contributed by atoms with Crippen LogP contribution in [0.15, 0.2) is 41.3 Å². The average Bonchev–Trinajstić information content (AvgIpc) is 2.38. The van der Waals surface area contributed by atoms with Crippen molar-refractivity contribution < 1.29 is 5.11 Å². The molecule has 0 amide bonds. The third-order valence-electron chi connectivity index (χ3n) is 3.17. The van der Waals surface area contributed by atoms with Crippen LogP contribution in [0.25, 0.3) is 10.8 Å². The van der Waals surface area contributed by atoms with Gasteiger partial charge in [0, 0.05) is 15.7 Å². The van der Waals surface area contributed by atoms with Gasteiger partial charge in [0.05, 0.1) is 6.10 Å². The summed E-state index contributed by atoms with van der Waals surface area (Å²) in [6.45, 7) is 3.80. The highest BCUT2D eigenvalue weighted by molar-refractivity contribution is 8.00. The van der Waals surface area contributed by atoms with Gasteiger partial charge < -0.3 is 10.8 Å². The molecular formula is C15H18N2OS. The zero-order valence-electron chi connectivity index (χ0n) is 11.1. The van der Waals surface area contributed by atoms with Gasteiger partial charge in [0.15, 0.2) is 0 Å². The van der Waals surface area contributed by atoms with Crippen LogP contribution < -0.4 is 5.73 Å². The second kappa shape index (κ2) is 5.63. The second-order valence-electron chi connectivity index (χ2n) is 4.63.